The van der Waals surface area contributed by atoms with E-state index in [4.69, 9.17) is 4.74 Å². The summed E-state index contributed by atoms with van der Waals surface area (Å²) in [6, 6.07) is 0.604. The number of hydrogen-bond donors (Lipinski definition) is 2. The van der Waals surface area contributed by atoms with Crippen LogP contribution in [-0.4, -0.2) is 60.4 Å². The Morgan fingerprint density at radius 1 is 1.43 bits per heavy atom. The van der Waals surface area contributed by atoms with Crippen molar-refractivity contribution in [3.05, 3.63) is 0 Å². The highest BCUT2D eigenvalue weighted by atomic mass is 16.5. The standard InChI is InChI=1S/C16H30N2O3/c1-12(18(3)8-9-21-11-13-4-5-13)10-16(2,15(19)20)17-14-6-7-14/h12-14,17H,4-11H2,1-3H3,(H,19,20). The maximum absolute atomic E-state index is 11.6. The first-order valence-corrected chi connectivity index (χ1v) is 8.20. The third kappa shape index (κ3) is 5.57. The van der Waals surface area contributed by atoms with Crippen LogP contribution in [0.5, 0.6) is 0 Å². The molecule has 0 aromatic heterocycles. The van der Waals surface area contributed by atoms with Gasteiger partial charge in [-0.25, -0.2) is 0 Å². The summed E-state index contributed by atoms with van der Waals surface area (Å²) in [7, 11) is 2.05. The molecule has 0 aromatic carbocycles. The Labute approximate surface area is 128 Å². The van der Waals surface area contributed by atoms with Crippen LogP contribution in [0.25, 0.3) is 0 Å². The van der Waals surface area contributed by atoms with Gasteiger partial charge in [0, 0.05) is 25.2 Å². The highest BCUT2D eigenvalue weighted by molar-refractivity contribution is 5.78. The van der Waals surface area contributed by atoms with E-state index < -0.39 is 11.5 Å². The highest BCUT2D eigenvalue weighted by Crippen LogP contribution is 2.28. The fraction of sp³-hybridized carbons (Fsp3) is 0.938. The minimum absolute atomic E-state index is 0.210. The first-order valence-electron chi connectivity index (χ1n) is 8.20. The number of likely N-dealkylation sites (N-methyl/N-ethyl adjacent to an activating group) is 1. The number of carbonyl (C=O) groups is 1. The number of rotatable bonds is 11. The Balaban J connectivity index is 1.70. The molecule has 21 heavy (non-hydrogen) atoms. The summed E-state index contributed by atoms with van der Waals surface area (Å²) in [5.74, 6) is 0.0467. The van der Waals surface area contributed by atoms with Crippen molar-refractivity contribution in [2.24, 2.45) is 5.92 Å². The lowest BCUT2D eigenvalue weighted by Gasteiger charge is -2.33. The first kappa shape index (κ1) is 16.7. The zero-order chi connectivity index (χ0) is 15.5. The van der Waals surface area contributed by atoms with Gasteiger partial charge in [-0.3, -0.25) is 10.1 Å². The number of carboxylic acid groups (broad SMARTS) is 1. The lowest BCUT2D eigenvalue weighted by Crippen LogP contribution is -2.54. The van der Waals surface area contributed by atoms with Gasteiger partial charge in [0.15, 0.2) is 0 Å². The Morgan fingerprint density at radius 3 is 2.62 bits per heavy atom. The van der Waals surface area contributed by atoms with Crippen LogP contribution in [0.4, 0.5) is 0 Å². The second kappa shape index (κ2) is 7.07. The molecule has 2 aliphatic rings. The lowest BCUT2D eigenvalue weighted by molar-refractivity contribution is -0.145. The third-order valence-electron chi connectivity index (χ3n) is 4.67. The number of ether oxygens (including phenoxy) is 1. The van der Waals surface area contributed by atoms with Crippen molar-refractivity contribution in [2.75, 3.05) is 26.8 Å². The molecule has 2 N–H and O–H groups in total. The Bertz CT molecular complexity index is 355. The molecule has 0 radical (unpaired) electrons. The van der Waals surface area contributed by atoms with Gasteiger partial charge in [-0.1, -0.05) is 0 Å². The third-order valence-corrected chi connectivity index (χ3v) is 4.67. The number of aliphatic carboxylic acids is 1. The van der Waals surface area contributed by atoms with Crippen molar-refractivity contribution in [1.82, 2.24) is 10.2 Å². The summed E-state index contributed by atoms with van der Waals surface area (Å²) >= 11 is 0. The largest absolute Gasteiger partial charge is 0.480 e. The number of nitrogens with one attached hydrogen (secondary N) is 1. The molecule has 0 saturated heterocycles. The molecule has 0 bridgehead atoms. The van der Waals surface area contributed by atoms with Crippen LogP contribution in [0.1, 0.15) is 46.0 Å². The van der Waals surface area contributed by atoms with Gasteiger partial charge in [-0.2, -0.15) is 0 Å². The predicted octanol–water partition coefficient (Wildman–Crippen LogP) is 1.72. The van der Waals surface area contributed by atoms with E-state index in [9.17, 15) is 9.90 Å². The van der Waals surface area contributed by atoms with Crippen molar-refractivity contribution >= 4 is 5.97 Å². The van der Waals surface area contributed by atoms with Crippen molar-refractivity contribution in [1.29, 1.82) is 0 Å². The second-order valence-electron chi connectivity index (χ2n) is 7.11. The summed E-state index contributed by atoms with van der Waals surface area (Å²) in [5, 5.41) is 12.8. The van der Waals surface area contributed by atoms with Crippen LogP contribution in [0, 0.1) is 5.92 Å². The first-order chi connectivity index (χ1) is 9.90. The van der Waals surface area contributed by atoms with Crippen molar-refractivity contribution in [3.8, 4) is 0 Å². The van der Waals surface area contributed by atoms with Gasteiger partial charge in [0.1, 0.15) is 5.54 Å². The molecular formula is C16H30N2O3. The summed E-state index contributed by atoms with van der Waals surface area (Å²) in [5.41, 5.74) is -0.830. The molecule has 5 heteroatoms. The predicted molar refractivity (Wildman–Crippen MR) is 82.5 cm³/mol. The Kier molecular flexibility index (Phi) is 5.63. The van der Waals surface area contributed by atoms with Gasteiger partial charge in [0.25, 0.3) is 0 Å². The molecule has 2 unspecified atom stereocenters. The average molecular weight is 298 g/mol. The van der Waals surface area contributed by atoms with Crippen LogP contribution >= 0.6 is 0 Å². The molecule has 0 spiro atoms. The fourth-order valence-corrected chi connectivity index (χ4v) is 2.60. The average Bonchev–Trinajstić information content (AvgIpc) is 3.28. The molecule has 2 saturated carbocycles. The van der Waals surface area contributed by atoms with Crippen LogP contribution in [0.3, 0.4) is 0 Å². The molecule has 5 nitrogen and oxygen atoms in total. The van der Waals surface area contributed by atoms with Crippen molar-refractivity contribution < 1.29 is 14.6 Å². The smallest absolute Gasteiger partial charge is 0.323 e. The zero-order valence-corrected chi connectivity index (χ0v) is 13.6. The maximum atomic E-state index is 11.6. The van der Waals surface area contributed by atoms with E-state index >= 15 is 0 Å². The van der Waals surface area contributed by atoms with E-state index in [2.05, 4.69) is 17.1 Å². The quantitative estimate of drug-likeness (QED) is 0.569. The van der Waals surface area contributed by atoms with Gasteiger partial charge in [0.05, 0.1) is 6.61 Å². The molecule has 122 valence electrons. The van der Waals surface area contributed by atoms with Gasteiger partial charge >= 0.3 is 5.97 Å². The van der Waals surface area contributed by atoms with E-state index in [1.165, 1.54) is 12.8 Å². The van der Waals surface area contributed by atoms with Crippen molar-refractivity contribution in [2.45, 2.75) is 63.6 Å². The van der Waals surface area contributed by atoms with Gasteiger partial charge in [0.2, 0.25) is 0 Å². The zero-order valence-electron chi connectivity index (χ0n) is 13.6. The Morgan fingerprint density at radius 2 is 2.10 bits per heavy atom. The highest BCUT2D eigenvalue weighted by Gasteiger charge is 2.39. The van der Waals surface area contributed by atoms with Gasteiger partial charge < -0.3 is 14.7 Å². The molecule has 0 heterocycles. The lowest BCUT2D eigenvalue weighted by atomic mass is 9.93. The van der Waals surface area contributed by atoms with Gasteiger partial charge in [-0.05, 0) is 58.9 Å². The maximum Gasteiger partial charge on any atom is 0.323 e. The fourth-order valence-electron chi connectivity index (χ4n) is 2.60. The van der Waals surface area contributed by atoms with Crippen LogP contribution in [0.2, 0.25) is 0 Å². The minimum Gasteiger partial charge on any atom is -0.480 e. The molecule has 0 amide bonds. The Hall–Kier alpha value is -0.650. The van der Waals surface area contributed by atoms with E-state index in [1.807, 2.05) is 14.0 Å². The van der Waals surface area contributed by atoms with E-state index in [0.29, 0.717) is 12.5 Å². The SMILES string of the molecule is CC(CC(C)(NC1CC1)C(=O)O)N(C)CCOCC1CC1. The monoisotopic (exact) mass is 298 g/mol. The summed E-state index contributed by atoms with van der Waals surface area (Å²) < 4.78 is 5.66. The molecule has 0 aromatic rings. The van der Waals surface area contributed by atoms with E-state index in [1.54, 1.807) is 0 Å². The van der Waals surface area contributed by atoms with Gasteiger partial charge in [-0.15, -0.1) is 0 Å². The van der Waals surface area contributed by atoms with E-state index in [0.717, 1.165) is 38.5 Å². The minimum atomic E-state index is -0.830. The number of carboxylic acids is 1. The summed E-state index contributed by atoms with van der Waals surface area (Å²) in [6.45, 7) is 6.38. The molecule has 0 aliphatic heterocycles. The van der Waals surface area contributed by atoms with Crippen LogP contribution < -0.4 is 5.32 Å². The number of hydrogen-bond acceptors (Lipinski definition) is 4. The normalized spacial score (nSPS) is 23.0. The molecule has 2 rings (SSSR count). The summed E-state index contributed by atoms with van der Waals surface area (Å²) in [4.78, 5) is 13.8. The molecule has 2 atom stereocenters. The molecular weight excluding hydrogens is 268 g/mol. The summed E-state index contributed by atoms with van der Waals surface area (Å²) in [6.07, 6.45) is 5.44. The van der Waals surface area contributed by atoms with E-state index in [-0.39, 0.29) is 6.04 Å². The molecule has 2 fully saturated rings. The molecule has 2 aliphatic carbocycles. The van der Waals surface area contributed by atoms with Crippen LogP contribution in [0.15, 0.2) is 0 Å². The topological polar surface area (TPSA) is 61.8 Å². The van der Waals surface area contributed by atoms with Crippen LogP contribution in [-0.2, 0) is 9.53 Å². The van der Waals surface area contributed by atoms with Crippen molar-refractivity contribution in [3.63, 3.8) is 0 Å². The number of nitrogens with zero attached hydrogens (tertiary/aromatic N) is 1. The second-order valence-corrected chi connectivity index (χ2v) is 7.11.